The molecule has 2 heterocycles. The highest BCUT2D eigenvalue weighted by molar-refractivity contribution is 14.1. The Morgan fingerprint density at radius 2 is 1.57 bits per heavy atom. The largest absolute Gasteiger partial charge is 0.436 e. The van der Waals surface area contributed by atoms with Crippen LogP contribution < -0.4 is 4.72 Å². The van der Waals surface area contributed by atoms with Gasteiger partial charge in [-0.05, 0) is 59.0 Å². The minimum absolute atomic E-state index is 0.131. The molecule has 2 aromatic carbocycles. The van der Waals surface area contributed by atoms with Gasteiger partial charge >= 0.3 is 0 Å². The van der Waals surface area contributed by atoms with E-state index >= 15 is 0 Å². The van der Waals surface area contributed by atoms with Gasteiger partial charge in [0.05, 0.1) is 11.1 Å². The first kappa shape index (κ1) is 18.6. The number of nitrogens with one attached hydrogen (secondary N) is 1. The van der Waals surface area contributed by atoms with E-state index in [0.29, 0.717) is 17.2 Å². The van der Waals surface area contributed by atoms with Crippen molar-refractivity contribution in [2.75, 3.05) is 4.72 Å². The van der Waals surface area contributed by atoms with Crippen LogP contribution in [0.3, 0.4) is 0 Å². The standard InChI is InChI=1S/C20H14IN3O3S/c21-16-8-11-19(22-12-16)24-28(25,26)17-9-6-15(7-10-17)20-23-13-18(27-20)14-4-2-1-3-5-14/h1-13H,(H,22,24). The van der Waals surface area contributed by atoms with E-state index in [2.05, 4.69) is 37.3 Å². The molecule has 2 aromatic heterocycles. The Balaban J connectivity index is 1.55. The second-order valence-corrected chi connectivity index (χ2v) is 8.82. The third-order valence-corrected chi connectivity index (χ3v) is 5.95. The molecule has 0 atom stereocenters. The number of sulfonamides is 1. The fourth-order valence-electron chi connectivity index (χ4n) is 2.55. The summed E-state index contributed by atoms with van der Waals surface area (Å²) in [6, 6.07) is 19.4. The molecule has 0 aliphatic heterocycles. The predicted octanol–water partition coefficient (Wildman–Crippen LogP) is 4.81. The number of nitrogens with zero attached hydrogens (tertiary/aromatic N) is 2. The summed E-state index contributed by atoms with van der Waals surface area (Å²) in [5, 5.41) is 0. The third kappa shape index (κ3) is 4.07. The Bertz CT molecular complexity index is 1190. The van der Waals surface area contributed by atoms with E-state index < -0.39 is 10.0 Å². The minimum atomic E-state index is -3.73. The lowest BCUT2D eigenvalue weighted by Crippen LogP contribution is -2.13. The quantitative estimate of drug-likeness (QED) is 0.396. The molecule has 0 aliphatic carbocycles. The van der Waals surface area contributed by atoms with Crippen molar-refractivity contribution in [3.63, 3.8) is 0 Å². The Kier molecular flexibility index (Phi) is 5.14. The van der Waals surface area contributed by atoms with Gasteiger partial charge in [0, 0.05) is 20.9 Å². The van der Waals surface area contributed by atoms with E-state index in [1.807, 2.05) is 30.3 Å². The monoisotopic (exact) mass is 503 g/mol. The summed E-state index contributed by atoms with van der Waals surface area (Å²) in [4.78, 5) is 8.48. The zero-order valence-corrected chi connectivity index (χ0v) is 17.4. The van der Waals surface area contributed by atoms with Gasteiger partial charge in [-0.2, -0.15) is 0 Å². The number of halogens is 1. The molecule has 0 saturated carbocycles. The van der Waals surface area contributed by atoms with Crippen LogP contribution in [0.2, 0.25) is 0 Å². The van der Waals surface area contributed by atoms with Crippen LogP contribution in [0.4, 0.5) is 5.82 Å². The van der Waals surface area contributed by atoms with Crippen molar-refractivity contribution in [2.45, 2.75) is 4.90 Å². The molecule has 4 rings (SSSR count). The summed E-state index contributed by atoms with van der Waals surface area (Å²) in [6.07, 6.45) is 3.24. The van der Waals surface area contributed by atoms with Gasteiger partial charge in [-0.1, -0.05) is 30.3 Å². The zero-order chi connectivity index (χ0) is 19.6. The highest BCUT2D eigenvalue weighted by Gasteiger charge is 2.16. The summed E-state index contributed by atoms with van der Waals surface area (Å²) >= 11 is 2.11. The fourth-order valence-corrected chi connectivity index (χ4v) is 3.88. The van der Waals surface area contributed by atoms with Crippen molar-refractivity contribution >= 4 is 38.4 Å². The summed E-state index contributed by atoms with van der Waals surface area (Å²) in [7, 11) is -3.73. The van der Waals surface area contributed by atoms with Gasteiger partial charge in [0.15, 0.2) is 5.76 Å². The predicted molar refractivity (Wildman–Crippen MR) is 115 cm³/mol. The van der Waals surface area contributed by atoms with Gasteiger partial charge in [0.2, 0.25) is 5.89 Å². The Morgan fingerprint density at radius 1 is 0.821 bits per heavy atom. The van der Waals surface area contributed by atoms with Crippen LogP contribution in [-0.4, -0.2) is 18.4 Å². The molecule has 0 saturated heterocycles. The first-order valence-corrected chi connectivity index (χ1v) is 10.8. The first-order valence-electron chi connectivity index (χ1n) is 8.27. The molecular formula is C20H14IN3O3S. The average molecular weight is 503 g/mol. The van der Waals surface area contributed by atoms with Crippen LogP contribution in [0, 0.1) is 3.57 Å². The number of aromatic nitrogens is 2. The molecule has 28 heavy (non-hydrogen) atoms. The number of hydrogen-bond acceptors (Lipinski definition) is 5. The van der Waals surface area contributed by atoms with Gasteiger partial charge in [-0.25, -0.2) is 18.4 Å². The summed E-state index contributed by atoms with van der Waals surface area (Å²) in [5.74, 6) is 1.35. The normalized spacial score (nSPS) is 11.3. The molecule has 0 aliphatic rings. The molecule has 6 nitrogen and oxygen atoms in total. The molecule has 0 radical (unpaired) electrons. The van der Waals surface area contributed by atoms with Gasteiger partial charge in [-0.3, -0.25) is 4.72 Å². The molecule has 4 aromatic rings. The lowest BCUT2D eigenvalue weighted by Gasteiger charge is -2.07. The first-order chi connectivity index (χ1) is 13.5. The SMILES string of the molecule is O=S(=O)(Nc1ccc(I)cn1)c1ccc(-c2ncc(-c3ccccc3)o2)cc1. The van der Waals surface area contributed by atoms with Crippen molar-refractivity contribution in [3.8, 4) is 22.8 Å². The maximum absolute atomic E-state index is 12.5. The maximum atomic E-state index is 12.5. The van der Waals surface area contributed by atoms with E-state index in [0.717, 1.165) is 9.13 Å². The number of hydrogen-bond donors (Lipinski definition) is 1. The number of oxazole rings is 1. The molecule has 0 amide bonds. The fraction of sp³-hybridized carbons (Fsp3) is 0. The molecule has 0 spiro atoms. The van der Waals surface area contributed by atoms with Crippen molar-refractivity contribution in [1.82, 2.24) is 9.97 Å². The van der Waals surface area contributed by atoms with Gasteiger partial charge in [0.1, 0.15) is 5.82 Å². The number of benzene rings is 2. The number of rotatable bonds is 5. The van der Waals surface area contributed by atoms with Crippen LogP contribution in [0.5, 0.6) is 0 Å². The van der Waals surface area contributed by atoms with E-state index in [1.54, 1.807) is 36.7 Å². The highest BCUT2D eigenvalue weighted by Crippen LogP contribution is 2.27. The van der Waals surface area contributed by atoms with Gasteiger partial charge in [0.25, 0.3) is 10.0 Å². The Hall–Kier alpha value is -2.72. The summed E-state index contributed by atoms with van der Waals surface area (Å²) in [6.45, 7) is 0. The molecule has 1 N–H and O–H groups in total. The Morgan fingerprint density at radius 3 is 2.25 bits per heavy atom. The van der Waals surface area contributed by atoms with Crippen molar-refractivity contribution in [2.24, 2.45) is 0 Å². The smallest absolute Gasteiger partial charge is 0.263 e. The summed E-state index contributed by atoms with van der Waals surface area (Å²) in [5.41, 5.74) is 1.61. The van der Waals surface area contributed by atoms with Crippen molar-refractivity contribution < 1.29 is 12.8 Å². The second kappa shape index (κ2) is 7.72. The van der Waals surface area contributed by atoms with E-state index in [-0.39, 0.29) is 10.7 Å². The number of anilines is 1. The van der Waals surface area contributed by atoms with Crippen LogP contribution in [0.15, 0.2) is 88.4 Å². The van der Waals surface area contributed by atoms with Crippen LogP contribution in [0.1, 0.15) is 0 Å². The van der Waals surface area contributed by atoms with Gasteiger partial charge < -0.3 is 4.42 Å². The van der Waals surface area contributed by atoms with Crippen LogP contribution >= 0.6 is 22.6 Å². The summed E-state index contributed by atoms with van der Waals surface area (Å²) < 4.78 is 34.3. The lowest BCUT2D eigenvalue weighted by atomic mass is 10.2. The molecule has 140 valence electrons. The minimum Gasteiger partial charge on any atom is -0.436 e. The average Bonchev–Trinajstić information content (AvgIpc) is 3.21. The molecule has 0 bridgehead atoms. The van der Waals surface area contributed by atoms with E-state index in [4.69, 9.17) is 4.42 Å². The molecule has 8 heteroatoms. The molecule has 0 fully saturated rings. The third-order valence-electron chi connectivity index (χ3n) is 3.94. The maximum Gasteiger partial charge on any atom is 0.263 e. The number of pyridine rings is 1. The van der Waals surface area contributed by atoms with Crippen LogP contribution in [0.25, 0.3) is 22.8 Å². The van der Waals surface area contributed by atoms with E-state index in [9.17, 15) is 8.42 Å². The molecular weight excluding hydrogens is 489 g/mol. The Labute approximate surface area is 175 Å². The second-order valence-electron chi connectivity index (χ2n) is 5.89. The van der Waals surface area contributed by atoms with E-state index in [1.165, 1.54) is 12.1 Å². The highest BCUT2D eigenvalue weighted by atomic mass is 127. The van der Waals surface area contributed by atoms with Crippen LogP contribution in [-0.2, 0) is 10.0 Å². The topological polar surface area (TPSA) is 85.1 Å². The van der Waals surface area contributed by atoms with Crippen molar-refractivity contribution in [1.29, 1.82) is 0 Å². The zero-order valence-electron chi connectivity index (χ0n) is 14.4. The van der Waals surface area contributed by atoms with Crippen molar-refractivity contribution in [3.05, 3.63) is 82.7 Å². The van der Waals surface area contributed by atoms with Gasteiger partial charge in [-0.15, -0.1) is 0 Å². The lowest BCUT2D eigenvalue weighted by molar-refractivity contribution is 0.588. The molecule has 0 unspecified atom stereocenters.